The molecule has 0 heterocycles. The smallest absolute Gasteiger partial charge is 0.0221 e. The Labute approximate surface area is 101 Å². The molecule has 0 saturated heterocycles. The molecule has 2 aliphatic carbocycles. The van der Waals surface area contributed by atoms with Crippen LogP contribution in [0.2, 0.25) is 0 Å². The Balaban J connectivity index is 1.77. The molecule has 2 saturated carbocycles. The molecule has 2 heteroatoms. The van der Waals surface area contributed by atoms with Gasteiger partial charge in [0.25, 0.3) is 0 Å². The Morgan fingerprint density at radius 2 is 1.94 bits per heavy atom. The maximum Gasteiger partial charge on any atom is 0.0221 e. The van der Waals surface area contributed by atoms with E-state index in [-0.39, 0.29) is 0 Å². The fourth-order valence-corrected chi connectivity index (χ4v) is 2.65. The number of rotatable bonds is 9. The zero-order valence-corrected chi connectivity index (χ0v) is 10.8. The fraction of sp³-hybridized carbons (Fsp3) is 1.00. The predicted octanol–water partition coefficient (Wildman–Crippen LogP) is 2.77. The highest BCUT2D eigenvalue weighted by Gasteiger charge is 2.36. The standard InChI is InChI=1S/C14H28N2/c1-2-3-4-5-14(10-15)16(13-8-9-13)11-12-6-7-12/h12-14H,2-11,15H2,1H3. The molecule has 0 radical (unpaired) electrons. The second kappa shape index (κ2) is 6.02. The van der Waals surface area contributed by atoms with Crippen molar-refractivity contribution in [2.75, 3.05) is 13.1 Å². The number of hydrogen-bond donors (Lipinski definition) is 1. The van der Waals surface area contributed by atoms with Crippen molar-refractivity contribution >= 4 is 0 Å². The molecule has 2 nitrogen and oxygen atoms in total. The summed E-state index contributed by atoms with van der Waals surface area (Å²) in [5, 5.41) is 0. The van der Waals surface area contributed by atoms with E-state index in [9.17, 15) is 0 Å². The van der Waals surface area contributed by atoms with Crippen LogP contribution < -0.4 is 5.73 Å². The highest BCUT2D eigenvalue weighted by Crippen LogP contribution is 2.36. The van der Waals surface area contributed by atoms with E-state index in [1.54, 1.807) is 0 Å². The number of unbranched alkanes of at least 4 members (excludes halogenated alkanes) is 2. The number of nitrogens with two attached hydrogens (primary N) is 1. The van der Waals surface area contributed by atoms with Gasteiger partial charge in [-0.1, -0.05) is 26.2 Å². The van der Waals surface area contributed by atoms with Gasteiger partial charge in [-0.2, -0.15) is 0 Å². The van der Waals surface area contributed by atoms with Gasteiger partial charge in [0.1, 0.15) is 0 Å². The van der Waals surface area contributed by atoms with Gasteiger partial charge in [0, 0.05) is 25.2 Å². The summed E-state index contributed by atoms with van der Waals surface area (Å²) in [7, 11) is 0. The fourth-order valence-electron chi connectivity index (χ4n) is 2.65. The molecule has 94 valence electrons. The van der Waals surface area contributed by atoms with Crippen molar-refractivity contribution in [3.05, 3.63) is 0 Å². The van der Waals surface area contributed by atoms with Gasteiger partial charge in [-0.3, -0.25) is 4.90 Å². The molecule has 1 atom stereocenters. The zero-order chi connectivity index (χ0) is 11.4. The Morgan fingerprint density at radius 1 is 1.19 bits per heavy atom. The number of nitrogens with zero attached hydrogens (tertiary/aromatic N) is 1. The summed E-state index contributed by atoms with van der Waals surface area (Å²) in [4.78, 5) is 2.76. The summed E-state index contributed by atoms with van der Waals surface area (Å²) in [6, 6.07) is 1.58. The second-order valence-corrected chi connectivity index (χ2v) is 5.76. The van der Waals surface area contributed by atoms with Crippen molar-refractivity contribution in [2.24, 2.45) is 11.7 Å². The molecule has 0 aliphatic heterocycles. The van der Waals surface area contributed by atoms with E-state index < -0.39 is 0 Å². The molecule has 1 unspecified atom stereocenters. The highest BCUT2D eigenvalue weighted by molar-refractivity contribution is 4.92. The van der Waals surface area contributed by atoms with Crippen LogP contribution in [0, 0.1) is 5.92 Å². The van der Waals surface area contributed by atoms with Gasteiger partial charge in [0.05, 0.1) is 0 Å². The summed E-state index contributed by atoms with van der Waals surface area (Å²) in [5.41, 5.74) is 5.98. The Kier molecular flexibility index (Phi) is 4.66. The third-order valence-corrected chi connectivity index (χ3v) is 4.06. The first kappa shape index (κ1) is 12.4. The van der Waals surface area contributed by atoms with Crippen LogP contribution in [0.1, 0.15) is 58.3 Å². The van der Waals surface area contributed by atoms with Crippen LogP contribution in [0.4, 0.5) is 0 Å². The van der Waals surface area contributed by atoms with Crippen LogP contribution in [0.5, 0.6) is 0 Å². The summed E-state index contributed by atoms with van der Waals surface area (Å²) in [6.07, 6.45) is 11.2. The normalized spacial score (nSPS) is 22.7. The van der Waals surface area contributed by atoms with Gasteiger partial charge in [-0.15, -0.1) is 0 Å². The first-order valence-electron chi connectivity index (χ1n) is 7.31. The lowest BCUT2D eigenvalue weighted by atomic mass is 10.1. The Hall–Kier alpha value is -0.0800. The topological polar surface area (TPSA) is 29.3 Å². The van der Waals surface area contributed by atoms with Crippen LogP contribution in [-0.2, 0) is 0 Å². The van der Waals surface area contributed by atoms with E-state index in [0.717, 1.165) is 18.5 Å². The van der Waals surface area contributed by atoms with Crippen LogP contribution in [-0.4, -0.2) is 30.1 Å². The molecule has 2 N–H and O–H groups in total. The monoisotopic (exact) mass is 224 g/mol. The van der Waals surface area contributed by atoms with E-state index in [1.165, 1.54) is 57.9 Å². The van der Waals surface area contributed by atoms with Gasteiger partial charge in [0.2, 0.25) is 0 Å². The van der Waals surface area contributed by atoms with E-state index in [2.05, 4.69) is 11.8 Å². The molecule has 16 heavy (non-hydrogen) atoms. The lowest BCUT2D eigenvalue weighted by molar-refractivity contribution is 0.170. The van der Waals surface area contributed by atoms with E-state index in [0.29, 0.717) is 6.04 Å². The Bertz CT molecular complexity index is 197. The maximum absolute atomic E-state index is 5.98. The van der Waals surface area contributed by atoms with Gasteiger partial charge in [-0.05, 0) is 38.0 Å². The molecule has 0 amide bonds. The lowest BCUT2D eigenvalue weighted by Crippen LogP contribution is -2.43. The lowest BCUT2D eigenvalue weighted by Gasteiger charge is -2.31. The molecule has 2 fully saturated rings. The quantitative estimate of drug-likeness (QED) is 0.610. The minimum absolute atomic E-state index is 0.680. The molecular formula is C14H28N2. The highest BCUT2D eigenvalue weighted by atomic mass is 15.2. The van der Waals surface area contributed by atoms with Crippen molar-refractivity contribution in [1.82, 2.24) is 4.90 Å². The third kappa shape index (κ3) is 3.74. The molecular weight excluding hydrogens is 196 g/mol. The third-order valence-electron chi connectivity index (χ3n) is 4.06. The van der Waals surface area contributed by atoms with Crippen molar-refractivity contribution in [3.63, 3.8) is 0 Å². The molecule has 0 aromatic rings. The van der Waals surface area contributed by atoms with Crippen molar-refractivity contribution in [3.8, 4) is 0 Å². The zero-order valence-electron chi connectivity index (χ0n) is 10.8. The average Bonchev–Trinajstić information content (AvgIpc) is 3.16. The van der Waals surface area contributed by atoms with Gasteiger partial charge in [-0.25, -0.2) is 0 Å². The van der Waals surface area contributed by atoms with Crippen molar-refractivity contribution in [2.45, 2.75) is 70.4 Å². The predicted molar refractivity (Wildman–Crippen MR) is 69.4 cm³/mol. The first-order valence-corrected chi connectivity index (χ1v) is 7.31. The molecule has 0 aromatic heterocycles. The molecule has 2 rings (SSSR count). The minimum atomic E-state index is 0.680. The van der Waals surface area contributed by atoms with Crippen LogP contribution in [0.3, 0.4) is 0 Å². The van der Waals surface area contributed by atoms with Crippen LogP contribution in [0.25, 0.3) is 0 Å². The van der Waals surface area contributed by atoms with E-state index in [4.69, 9.17) is 5.73 Å². The minimum Gasteiger partial charge on any atom is -0.329 e. The second-order valence-electron chi connectivity index (χ2n) is 5.76. The van der Waals surface area contributed by atoms with Crippen molar-refractivity contribution in [1.29, 1.82) is 0 Å². The van der Waals surface area contributed by atoms with Gasteiger partial charge in [0.15, 0.2) is 0 Å². The molecule has 0 spiro atoms. The number of hydrogen-bond acceptors (Lipinski definition) is 2. The molecule has 2 aliphatic rings. The summed E-state index contributed by atoms with van der Waals surface area (Å²) in [6.45, 7) is 4.49. The summed E-state index contributed by atoms with van der Waals surface area (Å²) < 4.78 is 0. The van der Waals surface area contributed by atoms with E-state index in [1.807, 2.05) is 0 Å². The SMILES string of the molecule is CCCCCC(CN)N(CC1CC1)C1CC1. The first-order chi connectivity index (χ1) is 7.85. The maximum atomic E-state index is 5.98. The van der Waals surface area contributed by atoms with Crippen molar-refractivity contribution < 1.29 is 0 Å². The van der Waals surface area contributed by atoms with Gasteiger partial charge >= 0.3 is 0 Å². The van der Waals surface area contributed by atoms with Gasteiger partial charge < -0.3 is 5.73 Å². The van der Waals surface area contributed by atoms with Crippen LogP contribution >= 0.6 is 0 Å². The Morgan fingerprint density at radius 3 is 2.44 bits per heavy atom. The largest absolute Gasteiger partial charge is 0.329 e. The summed E-state index contributed by atoms with van der Waals surface area (Å²) in [5.74, 6) is 1.01. The molecule has 0 bridgehead atoms. The van der Waals surface area contributed by atoms with E-state index >= 15 is 0 Å². The summed E-state index contributed by atoms with van der Waals surface area (Å²) >= 11 is 0. The van der Waals surface area contributed by atoms with Crippen LogP contribution in [0.15, 0.2) is 0 Å². The average molecular weight is 224 g/mol. The molecule has 0 aromatic carbocycles.